The predicted molar refractivity (Wildman–Crippen MR) is 114 cm³/mol. The third-order valence-electron chi connectivity index (χ3n) is 4.50. The van der Waals surface area contributed by atoms with Crippen molar-refractivity contribution in [3.63, 3.8) is 0 Å². The summed E-state index contributed by atoms with van der Waals surface area (Å²) in [6, 6.07) is 7.83. The van der Waals surface area contributed by atoms with Gasteiger partial charge in [0, 0.05) is 41.5 Å². The van der Waals surface area contributed by atoms with Gasteiger partial charge in [-0.15, -0.1) is 0 Å². The van der Waals surface area contributed by atoms with Gasteiger partial charge >= 0.3 is 6.09 Å². The summed E-state index contributed by atoms with van der Waals surface area (Å²) in [6.45, 7) is 5.33. The van der Waals surface area contributed by atoms with Crippen molar-refractivity contribution < 1.29 is 18.7 Å². The number of nitrogen functional groups attached to an aromatic ring is 1. The monoisotopic (exact) mass is 423 g/mol. The van der Waals surface area contributed by atoms with Crippen LogP contribution in [0, 0.1) is 5.82 Å². The van der Waals surface area contributed by atoms with E-state index in [1.807, 2.05) is 13.1 Å². The molecule has 8 nitrogen and oxygen atoms in total. The average molecular weight is 423 g/mol. The molecule has 0 saturated heterocycles. The number of nitrogens with two attached hydrogens (primary N) is 1. The molecule has 2 heterocycles. The Kier molecular flexibility index (Phi) is 4.88. The van der Waals surface area contributed by atoms with Crippen molar-refractivity contribution >= 4 is 22.7 Å². The van der Waals surface area contributed by atoms with Crippen molar-refractivity contribution in [3.8, 4) is 22.6 Å². The standard InChI is InChI=1S/C22H22FN5O3/c1-22(2,3)31-21(29)28-12-14(11-26-28)16-9-18-13(10-25-27(18)4)7-20(16)30-19-6-5-15(24)8-17(19)23/h5-12H,24H2,1-4H3. The smallest absolute Gasteiger partial charge is 0.435 e. The minimum absolute atomic E-state index is 0.0261. The molecule has 0 aliphatic rings. The lowest BCUT2D eigenvalue weighted by molar-refractivity contribution is 0.0514. The zero-order valence-electron chi connectivity index (χ0n) is 17.6. The third-order valence-corrected chi connectivity index (χ3v) is 4.50. The van der Waals surface area contributed by atoms with Crippen molar-refractivity contribution in [2.75, 3.05) is 5.73 Å². The van der Waals surface area contributed by atoms with Gasteiger partial charge in [-0.3, -0.25) is 4.68 Å². The van der Waals surface area contributed by atoms with Gasteiger partial charge < -0.3 is 15.2 Å². The van der Waals surface area contributed by atoms with Crippen LogP contribution in [0.4, 0.5) is 14.9 Å². The molecule has 160 valence electrons. The van der Waals surface area contributed by atoms with Crippen molar-refractivity contribution in [3.05, 3.63) is 54.7 Å². The molecule has 0 saturated carbocycles. The van der Waals surface area contributed by atoms with Crippen LogP contribution in [0.3, 0.4) is 0 Å². The highest BCUT2D eigenvalue weighted by atomic mass is 19.1. The van der Waals surface area contributed by atoms with Crippen LogP contribution >= 0.6 is 0 Å². The average Bonchev–Trinajstić information content (AvgIpc) is 3.29. The van der Waals surface area contributed by atoms with Crippen LogP contribution < -0.4 is 10.5 Å². The van der Waals surface area contributed by atoms with Crippen molar-refractivity contribution in [1.82, 2.24) is 19.6 Å². The van der Waals surface area contributed by atoms with Gasteiger partial charge in [0.25, 0.3) is 0 Å². The topological polar surface area (TPSA) is 97.2 Å². The summed E-state index contributed by atoms with van der Waals surface area (Å²) in [5, 5.41) is 9.19. The van der Waals surface area contributed by atoms with E-state index in [2.05, 4.69) is 10.2 Å². The van der Waals surface area contributed by atoms with E-state index in [1.54, 1.807) is 43.8 Å². The molecule has 0 fully saturated rings. The number of hydrogen-bond donors (Lipinski definition) is 1. The number of hydrogen-bond acceptors (Lipinski definition) is 6. The van der Waals surface area contributed by atoms with E-state index < -0.39 is 17.5 Å². The summed E-state index contributed by atoms with van der Waals surface area (Å²) in [5.74, 6) is -0.173. The molecule has 0 aliphatic carbocycles. The fourth-order valence-electron chi connectivity index (χ4n) is 3.08. The minimum atomic E-state index is -0.655. The Morgan fingerprint density at radius 2 is 1.87 bits per heavy atom. The van der Waals surface area contributed by atoms with Gasteiger partial charge in [-0.25, -0.2) is 9.18 Å². The lowest BCUT2D eigenvalue weighted by atomic mass is 10.1. The Labute approximate surface area is 178 Å². The molecule has 0 amide bonds. The van der Waals surface area contributed by atoms with Gasteiger partial charge in [0.1, 0.15) is 11.4 Å². The molecule has 0 unspecified atom stereocenters. The molecule has 2 aromatic heterocycles. The first kappa shape index (κ1) is 20.4. The maximum Gasteiger partial charge on any atom is 0.435 e. The van der Waals surface area contributed by atoms with Crippen molar-refractivity contribution in [2.45, 2.75) is 26.4 Å². The number of rotatable bonds is 3. The zero-order valence-corrected chi connectivity index (χ0v) is 17.6. The molecule has 0 aliphatic heterocycles. The Balaban J connectivity index is 1.78. The first-order valence-corrected chi connectivity index (χ1v) is 9.58. The highest BCUT2D eigenvalue weighted by molar-refractivity contribution is 5.88. The number of benzene rings is 2. The molecule has 2 N–H and O–H groups in total. The van der Waals surface area contributed by atoms with Crippen molar-refractivity contribution in [1.29, 1.82) is 0 Å². The number of carbonyl (C=O) groups excluding carboxylic acids is 1. The molecule has 0 spiro atoms. The maximum absolute atomic E-state index is 14.4. The Morgan fingerprint density at radius 3 is 2.58 bits per heavy atom. The number of halogens is 1. The van der Waals surface area contributed by atoms with Gasteiger partial charge in [-0.05, 0) is 45.0 Å². The van der Waals surface area contributed by atoms with E-state index >= 15 is 0 Å². The summed E-state index contributed by atoms with van der Waals surface area (Å²) < 4.78 is 28.4. The van der Waals surface area contributed by atoms with Gasteiger partial charge in [-0.1, -0.05) is 0 Å². The number of anilines is 1. The van der Waals surface area contributed by atoms with Gasteiger partial charge in [0.15, 0.2) is 11.6 Å². The van der Waals surface area contributed by atoms with Crippen LogP contribution in [-0.4, -0.2) is 31.3 Å². The first-order chi connectivity index (χ1) is 14.6. The van der Waals surface area contributed by atoms with Gasteiger partial charge in [-0.2, -0.15) is 14.9 Å². The molecule has 0 atom stereocenters. The molecular formula is C22H22FN5O3. The van der Waals surface area contributed by atoms with Crippen LogP contribution in [0.2, 0.25) is 0 Å². The van der Waals surface area contributed by atoms with E-state index in [1.165, 1.54) is 24.5 Å². The highest BCUT2D eigenvalue weighted by Gasteiger charge is 2.20. The minimum Gasteiger partial charge on any atom is -0.454 e. The SMILES string of the molecule is Cn1ncc2cc(Oc3ccc(N)cc3F)c(-c3cnn(C(=O)OC(C)(C)C)c3)cc21. The second-order valence-corrected chi connectivity index (χ2v) is 8.12. The molecule has 9 heteroatoms. The number of nitrogens with zero attached hydrogens (tertiary/aromatic N) is 4. The summed E-state index contributed by atoms with van der Waals surface area (Å²) in [6.07, 6.45) is 4.15. The molecule has 0 radical (unpaired) electrons. The van der Waals surface area contributed by atoms with Crippen LogP contribution in [-0.2, 0) is 11.8 Å². The Bertz CT molecular complexity index is 1290. The fraction of sp³-hybridized carbons (Fsp3) is 0.227. The Hall–Kier alpha value is -3.88. The highest BCUT2D eigenvalue weighted by Crippen LogP contribution is 2.37. The Morgan fingerprint density at radius 1 is 1.10 bits per heavy atom. The number of aromatic nitrogens is 4. The quantitative estimate of drug-likeness (QED) is 0.478. The first-order valence-electron chi connectivity index (χ1n) is 9.58. The number of carbonyl (C=O) groups is 1. The lowest BCUT2D eigenvalue weighted by Crippen LogP contribution is -2.27. The normalized spacial score (nSPS) is 11.6. The van der Waals surface area contributed by atoms with E-state index in [0.29, 0.717) is 22.6 Å². The van der Waals surface area contributed by atoms with Gasteiger partial charge in [0.05, 0.1) is 17.9 Å². The summed E-state index contributed by atoms with van der Waals surface area (Å²) in [4.78, 5) is 12.4. The molecule has 4 rings (SSSR count). The maximum atomic E-state index is 14.4. The predicted octanol–water partition coefficient (Wildman–Crippen LogP) is 4.73. The van der Waals surface area contributed by atoms with Crippen molar-refractivity contribution in [2.24, 2.45) is 7.05 Å². The number of fused-ring (bicyclic) bond motifs is 1. The molecule has 31 heavy (non-hydrogen) atoms. The van der Waals surface area contributed by atoms with Crippen LogP contribution in [0.25, 0.3) is 22.0 Å². The third kappa shape index (κ3) is 4.20. The van der Waals surface area contributed by atoms with E-state index in [4.69, 9.17) is 15.2 Å². The molecular weight excluding hydrogens is 401 g/mol. The summed E-state index contributed by atoms with van der Waals surface area (Å²) in [5.41, 5.74) is 7.32. The number of ether oxygens (including phenoxy) is 2. The number of aryl methyl sites for hydroxylation is 1. The molecule has 2 aromatic carbocycles. The largest absolute Gasteiger partial charge is 0.454 e. The fourth-order valence-corrected chi connectivity index (χ4v) is 3.08. The zero-order chi connectivity index (χ0) is 22.3. The second-order valence-electron chi connectivity index (χ2n) is 8.12. The second kappa shape index (κ2) is 7.42. The van der Waals surface area contributed by atoms with Crippen LogP contribution in [0.5, 0.6) is 11.5 Å². The van der Waals surface area contributed by atoms with E-state index in [0.717, 1.165) is 15.6 Å². The summed E-state index contributed by atoms with van der Waals surface area (Å²) in [7, 11) is 1.82. The van der Waals surface area contributed by atoms with E-state index in [-0.39, 0.29) is 5.75 Å². The summed E-state index contributed by atoms with van der Waals surface area (Å²) >= 11 is 0. The lowest BCUT2D eigenvalue weighted by Gasteiger charge is -2.18. The van der Waals surface area contributed by atoms with Gasteiger partial charge in [0.2, 0.25) is 0 Å². The molecule has 0 bridgehead atoms. The van der Waals surface area contributed by atoms with E-state index in [9.17, 15) is 9.18 Å². The van der Waals surface area contributed by atoms with Crippen LogP contribution in [0.1, 0.15) is 20.8 Å². The molecule has 4 aromatic rings. The van der Waals surface area contributed by atoms with Crippen LogP contribution in [0.15, 0.2) is 48.9 Å².